The Kier molecular flexibility index (Phi) is 4.92. The van der Waals surface area contributed by atoms with Crippen LogP contribution in [0.3, 0.4) is 0 Å². The second kappa shape index (κ2) is 6.88. The molecule has 0 atom stereocenters. The number of hydrogen-bond donors (Lipinski definition) is 2. The number of aromatic carboxylic acids is 1. The Morgan fingerprint density at radius 3 is 2.60 bits per heavy atom. The van der Waals surface area contributed by atoms with Crippen molar-refractivity contribution in [3.05, 3.63) is 42.0 Å². The SMILES string of the molecule is O=C(O)c1ccc2ccccc2c1OCCOCCO. The lowest BCUT2D eigenvalue weighted by Gasteiger charge is -2.12. The monoisotopic (exact) mass is 276 g/mol. The van der Waals surface area contributed by atoms with Gasteiger partial charge in [-0.15, -0.1) is 0 Å². The van der Waals surface area contributed by atoms with E-state index in [9.17, 15) is 9.90 Å². The van der Waals surface area contributed by atoms with Crippen molar-refractivity contribution in [3.8, 4) is 5.75 Å². The maximum atomic E-state index is 11.3. The van der Waals surface area contributed by atoms with Gasteiger partial charge in [0.05, 0.1) is 19.8 Å². The standard InChI is InChI=1S/C15H16O5/c16-7-8-19-9-10-20-14-12-4-2-1-3-11(12)5-6-13(14)15(17)18/h1-6,16H,7-10H2,(H,17,18). The summed E-state index contributed by atoms with van der Waals surface area (Å²) in [4.78, 5) is 11.3. The third kappa shape index (κ3) is 3.26. The van der Waals surface area contributed by atoms with E-state index < -0.39 is 5.97 Å². The largest absolute Gasteiger partial charge is 0.490 e. The van der Waals surface area contributed by atoms with Gasteiger partial charge in [-0.3, -0.25) is 0 Å². The third-order valence-electron chi connectivity index (χ3n) is 2.82. The van der Waals surface area contributed by atoms with Gasteiger partial charge >= 0.3 is 5.97 Å². The molecule has 0 saturated carbocycles. The van der Waals surface area contributed by atoms with Crippen LogP contribution in [0, 0.1) is 0 Å². The molecular formula is C15H16O5. The molecule has 0 unspecified atom stereocenters. The highest BCUT2D eigenvalue weighted by atomic mass is 16.5. The summed E-state index contributed by atoms with van der Waals surface area (Å²) in [6.07, 6.45) is 0. The molecule has 0 aliphatic carbocycles. The molecule has 0 amide bonds. The summed E-state index contributed by atoms with van der Waals surface area (Å²) in [5.74, 6) is -0.676. The van der Waals surface area contributed by atoms with Crippen LogP contribution < -0.4 is 4.74 Å². The van der Waals surface area contributed by atoms with E-state index in [0.29, 0.717) is 12.4 Å². The number of carbonyl (C=O) groups is 1. The minimum Gasteiger partial charge on any atom is -0.490 e. The van der Waals surface area contributed by atoms with Crippen LogP contribution in [0.15, 0.2) is 36.4 Å². The molecule has 5 nitrogen and oxygen atoms in total. The number of carboxylic acid groups (broad SMARTS) is 1. The number of aliphatic hydroxyl groups excluding tert-OH is 1. The maximum absolute atomic E-state index is 11.3. The summed E-state index contributed by atoms with van der Waals surface area (Å²) in [5.41, 5.74) is 0.130. The van der Waals surface area contributed by atoms with Crippen LogP contribution in [-0.4, -0.2) is 42.6 Å². The first kappa shape index (κ1) is 14.3. The number of benzene rings is 2. The highest BCUT2D eigenvalue weighted by Crippen LogP contribution is 2.29. The minimum absolute atomic E-state index is 0.0470. The number of ether oxygens (including phenoxy) is 2. The van der Waals surface area contributed by atoms with E-state index in [1.807, 2.05) is 24.3 Å². The zero-order chi connectivity index (χ0) is 14.4. The van der Waals surface area contributed by atoms with Crippen molar-refractivity contribution in [1.82, 2.24) is 0 Å². The molecule has 0 aromatic heterocycles. The van der Waals surface area contributed by atoms with Crippen LogP contribution in [0.4, 0.5) is 0 Å². The Morgan fingerprint density at radius 1 is 1.05 bits per heavy atom. The van der Waals surface area contributed by atoms with Crippen molar-refractivity contribution in [2.75, 3.05) is 26.4 Å². The molecule has 106 valence electrons. The zero-order valence-electron chi connectivity index (χ0n) is 10.9. The Morgan fingerprint density at radius 2 is 1.85 bits per heavy atom. The highest BCUT2D eigenvalue weighted by Gasteiger charge is 2.14. The quantitative estimate of drug-likeness (QED) is 0.756. The summed E-state index contributed by atoms with van der Waals surface area (Å²) in [5, 5.41) is 19.5. The average Bonchev–Trinajstić information content (AvgIpc) is 2.46. The summed E-state index contributed by atoms with van der Waals surface area (Å²) in [7, 11) is 0. The lowest BCUT2D eigenvalue weighted by Crippen LogP contribution is -2.11. The molecule has 0 aliphatic heterocycles. The summed E-state index contributed by atoms with van der Waals surface area (Å²) >= 11 is 0. The van der Waals surface area contributed by atoms with Crippen molar-refractivity contribution < 1.29 is 24.5 Å². The van der Waals surface area contributed by atoms with Crippen LogP contribution in [0.1, 0.15) is 10.4 Å². The van der Waals surface area contributed by atoms with E-state index in [2.05, 4.69) is 0 Å². The molecule has 0 spiro atoms. The van der Waals surface area contributed by atoms with Gasteiger partial charge in [0.1, 0.15) is 17.9 Å². The van der Waals surface area contributed by atoms with Gasteiger partial charge in [-0.05, 0) is 11.5 Å². The van der Waals surface area contributed by atoms with Crippen LogP contribution in [0.2, 0.25) is 0 Å². The molecule has 2 rings (SSSR count). The molecule has 0 bridgehead atoms. The predicted octanol–water partition coefficient (Wildman–Crippen LogP) is 1.93. The first-order valence-electron chi connectivity index (χ1n) is 6.30. The van der Waals surface area contributed by atoms with E-state index in [1.165, 1.54) is 6.07 Å². The smallest absolute Gasteiger partial charge is 0.339 e. The normalized spacial score (nSPS) is 10.7. The first-order valence-corrected chi connectivity index (χ1v) is 6.30. The first-order chi connectivity index (χ1) is 9.74. The Hall–Kier alpha value is -2.11. The lowest BCUT2D eigenvalue weighted by atomic mass is 10.1. The molecule has 0 aliphatic rings. The van der Waals surface area contributed by atoms with Gasteiger partial charge in [-0.25, -0.2) is 4.79 Å². The van der Waals surface area contributed by atoms with Crippen molar-refractivity contribution in [2.45, 2.75) is 0 Å². The Labute approximate surface area is 116 Å². The van der Waals surface area contributed by atoms with Gasteiger partial charge in [-0.2, -0.15) is 0 Å². The van der Waals surface area contributed by atoms with E-state index in [1.54, 1.807) is 6.07 Å². The van der Waals surface area contributed by atoms with Crippen molar-refractivity contribution >= 4 is 16.7 Å². The average molecular weight is 276 g/mol. The zero-order valence-corrected chi connectivity index (χ0v) is 10.9. The molecule has 2 aromatic carbocycles. The molecule has 2 aromatic rings. The fraction of sp³-hybridized carbons (Fsp3) is 0.267. The number of fused-ring (bicyclic) bond motifs is 1. The van der Waals surface area contributed by atoms with E-state index >= 15 is 0 Å². The minimum atomic E-state index is -1.03. The van der Waals surface area contributed by atoms with Gasteiger partial charge in [0.15, 0.2) is 0 Å². The molecule has 2 N–H and O–H groups in total. The molecule has 0 heterocycles. The van der Waals surface area contributed by atoms with Gasteiger partial charge in [0, 0.05) is 5.39 Å². The number of hydrogen-bond acceptors (Lipinski definition) is 4. The summed E-state index contributed by atoms with van der Waals surface area (Å²) in [6, 6.07) is 10.7. The number of carboxylic acids is 1. The topological polar surface area (TPSA) is 76.0 Å². The van der Waals surface area contributed by atoms with E-state index in [0.717, 1.165) is 10.8 Å². The fourth-order valence-electron chi connectivity index (χ4n) is 1.94. The third-order valence-corrected chi connectivity index (χ3v) is 2.82. The van der Waals surface area contributed by atoms with Crippen LogP contribution >= 0.6 is 0 Å². The number of rotatable bonds is 7. The molecule has 0 radical (unpaired) electrons. The van der Waals surface area contributed by atoms with Gasteiger partial charge < -0.3 is 19.7 Å². The van der Waals surface area contributed by atoms with Gasteiger partial charge in [0.2, 0.25) is 0 Å². The lowest BCUT2D eigenvalue weighted by molar-refractivity contribution is 0.0659. The highest BCUT2D eigenvalue weighted by molar-refractivity contribution is 6.00. The Balaban J connectivity index is 2.23. The van der Waals surface area contributed by atoms with Crippen molar-refractivity contribution in [2.24, 2.45) is 0 Å². The Bertz CT molecular complexity index is 594. The second-order valence-electron chi connectivity index (χ2n) is 4.15. The second-order valence-corrected chi connectivity index (χ2v) is 4.15. The van der Waals surface area contributed by atoms with Crippen molar-refractivity contribution in [1.29, 1.82) is 0 Å². The predicted molar refractivity (Wildman–Crippen MR) is 74.3 cm³/mol. The van der Waals surface area contributed by atoms with E-state index in [-0.39, 0.29) is 25.4 Å². The molecule has 0 fully saturated rings. The van der Waals surface area contributed by atoms with Crippen molar-refractivity contribution in [3.63, 3.8) is 0 Å². The molecular weight excluding hydrogens is 260 g/mol. The fourth-order valence-corrected chi connectivity index (χ4v) is 1.94. The summed E-state index contributed by atoms with van der Waals surface area (Å²) in [6.45, 7) is 0.719. The molecule has 0 saturated heterocycles. The van der Waals surface area contributed by atoms with Crippen LogP contribution in [0.25, 0.3) is 10.8 Å². The van der Waals surface area contributed by atoms with Gasteiger partial charge in [-0.1, -0.05) is 30.3 Å². The van der Waals surface area contributed by atoms with Crippen LogP contribution in [-0.2, 0) is 4.74 Å². The summed E-state index contributed by atoms with van der Waals surface area (Å²) < 4.78 is 10.7. The van der Waals surface area contributed by atoms with E-state index in [4.69, 9.17) is 14.6 Å². The number of aliphatic hydroxyl groups is 1. The molecule has 5 heteroatoms. The maximum Gasteiger partial charge on any atom is 0.339 e. The van der Waals surface area contributed by atoms with Gasteiger partial charge in [0.25, 0.3) is 0 Å². The molecule has 20 heavy (non-hydrogen) atoms. The van der Waals surface area contributed by atoms with Crippen LogP contribution in [0.5, 0.6) is 5.75 Å².